The van der Waals surface area contributed by atoms with E-state index in [1.165, 1.54) is 4.68 Å². The van der Waals surface area contributed by atoms with E-state index in [1.54, 1.807) is 56.5 Å². The van der Waals surface area contributed by atoms with Gasteiger partial charge in [-0.25, -0.2) is 0 Å². The third-order valence-corrected chi connectivity index (χ3v) is 4.20. The normalized spacial score (nSPS) is 11.9. The van der Waals surface area contributed by atoms with Crippen molar-refractivity contribution in [3.8, 4) is 11.4 Å². The molecule has 0 saturated carbocycles. The first-order chi connectivity index (χ1) is 13.0. The molecule has 0 fully saturated rings. The first-order valence-electron chi connectivity index (χ1n) is 8.14. The van der Waals surface area contributed by atoms with Crippen molar-refractivity contribution in [2.75, 3.05) is 12.4 Å². The topological polar surface area (TPSA) is 102 Å². The van der Waals surface area contributed by atoms with E-state index in [2.05, 4.69) is 20.8 Å². The smallest absolute Gasteiger partial charge is 0.227 e. The van der Waals surface area contributed by atoms with Crippen LogP contribution < -0.4 is 10.1 Å². The summed E-state index contributed by atoms with van der Waals surface area (Å²) in [5, 5.41) is 25.0. The number of aryl methyl sites for hydroxylation is 1. The number of halogens is 1. The summed E-state index contributed by atoms with van der Waals surface area (Å²) in [6.45, 7) is 1.76. The average molecular weight is 388 g/mol. The van der Waals surface area contributed by atoms with Crippen molar-refractivity contribution >= 4 is 23.2 Å². The van der Waals surface area contributed by atoms with Gasteiger partial charge in [0.2, 0.25) is 5.91 Å². The number of rotatable bonds is 6. The highest BCUT2D eigenvalue weighted by Gasteiger charge is 2.15. The second kappa shape index (κ2) is 8.15. The monoisotopic (exact) mass is 387 g/mol. The van der Waals surface area contributed by atoms with Crippen LogP contribution in [0.3, 0.4) is 0 Å². The lowest BCUT2D eigenvalue weighted by molar-refractivity contribution is -0.118. The van der Waals surface area contributed by atoms with Crippen molar-refractivity contribution in [1.82, 2.24) is 20.2 Å². The van der Waals surface area contributed by atoms with Gasteiger partial charge in [-0.05, 0) is 53.2 Å². The van der Waals surface area contributed by atoms with Crippen LogP contribution in [0.15, 0.2) is 42.5 Å². The summed E-state index contributed by atoms with van der Waals surface area (Å²) in [6, 6.07) is 11.8. The maximum absolute atomic E-state index is 12.3. The molecule has 1 heterocycles. The third-order valence-electron chi connectivity index (χ3n) is 3.95. The van der Waals surface area contributed by atoms with Crippen molar-refractivity contribution in [3.05, 3.63) is 58.9 Å². The number of hydrogen-bond acceptors (Lipinski definition) is 6. The number of hydrogen-bond donors (Lipinski definition) is 2. The van der Waals surface area contributed by atoms with E-state index in [-0.39, 0.29) is 12.3 Å². The van der Waals surface area contributed by atoms with Gasteiger partial charge >= 0.3 is 0 Å². The Labute approximate surface area is 160 Å². The molecule has 27 heavy (non-hydrogen) atoms. The summed E-state index contributed by atoms with van der Waals surface area (Å²) >= 11 is 5.84. The quantitative estimate of drug-likeness (QED) is 0.674. The van der Waals surface area contributed by atoms with Gasteiger partial charge in [-0.15, -0.1) is 5.10 Å². The predicted molar refractivity (Wildman–Crippen MR) is 100 cm³/mol. The van der Waals surface area contributed by atoms with Gasteiger partial charge in [0.25, 0.3) is 0 Å². The number of tetrazole rings is 1. The third kappa shape index (κ3) is 4.42. The number of aromatic nitrogens is 4. The van der Waals surface area contributed by atoms with Gasteiger partial charge in [0, 0.05) is 10.7 Å². The maximum atomic E-state index is 12.3. The van der Waals surface area contributed by atoms with Crippen LogP contribution in [0.25, 0.3) is 5.69 Å². The Morgan fingerprint density at radius 3 is 2.67 bits per heavy atom. The molecule has 1 atom stereocenters. The summed E-state index contributed by atoms with van der Waals surface area (Å²) in [7, 11) is 1.54. The standard InChI is InChI=1S/C18H18ClN5O3/c1-11-21-22-23-24(11)15-9-14(7-8-17(15)27-2)20-18(26)10-16(25)12-3-5-13(19)6-4-12/h3-9,16,25H,10H2,1-2H3,(H,20,26). The molecular weight excluding hydrogens is 370 g/mol. The van der Waals surface area contributed by atoms with Crippen LogP contribution in [0, 0.1) is 6.92 Å². The van der Waals surface area contributed by atoms with E-state index in [9.17, 15) is 9.90 Å². The molecule has 3 aromatic rings. The van der Waals surface area contributed by atoms with E-state index in [1.807, 2.05) is 0 Å². The number of nitrogens with zero attached hydrogens (tertiary/aromatic N) is 4. The van der Waals surface area contributed by atoms with Crippen molar-refractivity contribution < 1.29 is 14.6 Å². The zero-order valence-corrected chi connectivity index (χ0v) is 15.5. The number of carbonyl (C=O) groups is 1. The molecule has 0 aliphatic rings. The number of carbonyl (C=O) groups excluding carboxylic acids is 1. The molecular formula is C18H18ClN5O3. The molecule has 1 unspecified atom stereocenters. The number of aliphatic hydroxyl groups excluding tert-OH is 1. The van der Waals surface area contributed by atoms with Crippen molar-refractivity contribution in [1.29, 1.82) is 0 Å². The second-order valence-corrected chi connectivity index (χ2v) is 6.28. The number of methoxy groups -OCH3 is 1. The summed E-state index contributed by atoms with van der Waals surface area (Å²) in [5.74, 6) is 0.807. The summed E-state index contributed by atoms with van der Waals surface area (Å²) in [6.07, 6.45) is -1.02. The van der Waals surface area contributed by atoms with Crippen LogP contribution in [-0.4, -0.2) is 38.3 Å². The van der Waals surface area contributed by atoms with Crippen LogP contribution in [-0.2, 0) is 4.79 Å². The number of ether oxygens (including phenoxy) is 1. The van der Waals surface area contributed by atoms with Crippen LogP contribution in [0.5, 0.6) is 5.75 Å². The molecule has 2 aromatic carbocycles. The van der Waals surface area contributed by atoms with E-state index < -0.39 is 6.10 Å². The number of benzene rings is 2. The van der Waals surface area contributed by atoms with Crippen LogP contribution in [0.1, 0.15) is 23.9 Å². The Bertz CT molecular complexity index is 942. The molecule has 0 spiro atoms. The zero-order chi connectivity index (χ0) is 19.4. The van der Waals surface area contributed by atoms with Gasteiger partial charge in [-0.2, -0.15) is 4.68 Å². The van der Waals surface area contributed by atoms with Gasteiger partial charge in [0.1, 0.15) is 11.4 Å². The van der Waals surface area contributed by atoms with Gasteiger partial charge in [0.05, 0.1) is 19.6 Å². The fourth-order valence-electron chi connectivity index (χ4n) is 2.58. The second-order valence-electron chi connectivity index (χ2n) is 5.84. The summed E-state index contributed by atoms with van der Waals surface area (Å²) < 4.78 is 6.85. The fourth-order valence-corrected chi connectivity index (χ4v) is 2.70. The molecule has 9 heteroatoms. The van der Waals surface area contributed by atoms with E-state index in [0.29, 0.717) is 33.5 Å². The molecule has 1 aromatic heterocycles. The highest BCUT2D eigenvalue weighted by Crippen LogP contribution is 2.27. The summed E-state index contributed by atoms with van der Waals surface area (Å²) in [5.41, 5.74) is 1.75. The Morgan fingerprint density at radius 2 is 2.04 bits per heavy atom. The highest BCUT2D eigenvalue weighted by atomic mass is 35.5. The molecule has 0 bridgehead atoms. The van der Waals surface area contributed by atoms with Crippen molar-refractivity contribution in [2.24, 2.45) is 0 Å². The maximum Gasteiger partial charge on any atom is 0.227 e. The predicted octanol–water partition coefficient (Wildman–Crippen LogP) is 2.69. The number of nitrogens with one attached hydrogen (secondary N) is 1. The minimum atomic E-state index is -0.929. The van der Waals surface area contributed by atoms with Crippen LogP contribution in [0.2, 0.25) is 5.02 Å². The molecule has 0 saturated heterocycles. The first kappa shape index (κ1) is 18.8. The largest absolute Gasteiger partial charge is 0.494 e. The zero-order valence-electron chi connectivity index (χ0n) is 14.8. The molecule has 0 aliphatic carbocycles. The van der Waals surface area contributed by atoms with Crippen LogP contribution in [0.4, 0.5) is 5.69 Å². The molecule has 0 radical (unpaired) electrons. The average Bonchev–Trinajstić information content (AvgIpc) is 3.07. The Hall–Kier alpha value is -2.97. The molecule has 1 amide bonds. The number of anilines is 1. The molecule has 0 aliphatic heterocycles. The fraction of sp³-hybridized carbons (Fsp3) is 0.222. The van der Waals surface area contributed by atoms with Gasteiger partial charge in [-0.3, -0.25) is 4.79 Å². The number of amides is 1. The van der Waals surface area contributed by atoms with E-state index >= 15 is 0 Å². The minimum Gasteiger partial charge on any atom is -0.494 e. The number of aliphatic hydroxyl groups is 1. The molecule has 3 rings (SSSR count). The lowest BCUT2D eigenvalue weighted by atomic mass is 10.1. The molecule has 8 nitrogen and oxygen atoms in total. The SMILES string of the molecule is COc1ccc(NC(=O)CC(O)c2ccc(Cl)cc2)cc1-n1nnnc1C. The van der Waals surface area contributed by atoms with Gasteiger partial charge in [0.15, 0.2) is 5.82 Å². The van der Waals surface area contributed by atoms with Crippen molar-refractivity contribution in [3.63, 3.8) is 0 Å². The Kier molecular flexibility index (Phi) is 5.68. The highest BCUT2D eigenvalue weighted by molar-refractivity contribution is 6.30. The minimum absolute atomic E-state index is 0.0904. The van der Waals surface area contributed by atoms with Gasteiger partial charge in [-0.1, -0.05) is 23.7 Å². The summed E-state index contributed by atoms with van der Waals surface area (Å²) in [4.78, 5) is 12.3. The van der Waals surface area contributed by atoms with E-state index in [0.717, 1.165) is 0 Å². The lowest BCUT2D eigenvalue weighted by Crippen LogP contribution is -2.16. The van der Waals surface area contributed by atoms with Gasteiger partial charge < -0.3 is 15.2 Å². The Balaban J connectivity index is 1.74. The first-order valence-corrected chi connectivity index (χ1v) is 8.52. The Morgan fingerprint density at radius 1 is 1.30 bits per heavy atom. The molecule has 2 N–H and O–H groups in total. The van der Waals surface area contributed by atoms with E-state index in [4.69, 9.17) is 16.3 Å². The lowest BCUT2D eigenvalue weighted by Gasteiger charge is -2.14. The van der Waals surface area contributed by atoms with Crippen LogP contribution >= 0.6 is 11.6 Å². The molecule has 140 valence electrons. The van der Waals surface area contributed by atoms with Crippen molar-refractivity contribution in [2.45, 2.75) is 19.4 Å².